The molecule has 24 heavy (non-hydrogen) atoms. The van der Waals surface area contributed by atoms with Crippen molar-refractivity contribution in [1.29, 1.82) is 0 Å². The highest BCUT2D eigenvalue weighted by Gasteiger charge is 2.12. The minimum atomic E-state index is -0.200. The van der Waals surface area contributed by atoms with Crippen molar-refractivity contribution in [2.24, 2.45) is 0 Å². The van der Waals surface area contributed by atoms with E-state index in [0.717, 1.165) is 29.0 Å². The molecule has 0 saturated heterocycles. The zero-order chi connectivity index (χ0) is 17.7. The van der Waals surface area contributed by atoms with Crippen molar-refractivity contribution in [2.75, 3.05) is 13.7 Å². The second kappa shape index (κ2) is 8.26. The number of hydrogen-bond acceptors (Lipinski definition) is 4. The van der Waals surface area contributed by atoms with Crippen molar-refractivity contribution in [2.45, 2.75) is 39.8 Å². The average Bonchev–Trinajstić information content (AvgIpc) is 2.55. The van der Waals surface area contributed by atoms with Gasteiger partial charge in [0.05, 0.1) is 25.5 Å². The maximum Gasteiger partial charge on any atom is 0.252 e. The molecule has 5 nitrogen and oxygen atoms in total. The molecule has 6 heteroatoms. The van der Waals surface area contributed by atoms with E-state index in [1.54, 1.807) is 13.2 Å². The lowest BCUT2D eigenvalue weighted by Crippen LogP contribution is -2.18. The van der Waals surface area contributed by atoms with Crippen LogP contribution in [0, 0.1) is 4.77 Å². The molecule has 0 saturated carbocycles. The fourth-order valence-corrected chi connectivity index (χ4v) is 2.87. The maximum atomic E-state index is 11.9. The summed E-state index contributed by atoms with van der Waals surface area (Å²) in [5.74, 6) is 0.800. The van der Waals surface area contributed by atoms with Gasteiger partial charge in [0.2, 0.25) is 0 Å². The summed E-state index contributed by atoms with van der Waals surface area (Å²) >= 11 is 5.36. The third-order valence-electron chi connectivity index (χ3n) is 3.77. The minimum Gasteiger partial charge on any atom is -0.497 e. The van der Waals surface area contributed by atoms with Crippen LogP contribution in [0.3, 0.4) is 0 Å². The van der Waals surface area contributed by atoms with Gasteiger partial charge in [-0.1, -0.05) is 6.92 Å². The van der Waals surface area contributed by atoms with Crippen LogP contribution in [0.5, 0.6) is 5.75 Å². The van der Waals surface area contributed by atoms with Crippen molar-refractivity contribution >= 4 is 12.2 Å². The van der Waals surface area contributed by atoms with Crippen LogP contribution < -0.4 is 10.3 Å². The Kier molecular flexibility index (Phi) is 6.34. The number of ether oxygens (including phenoxy) is 2. The third kappa shape index (κ3) is 4.33. The number of aromatic amines is 1. The Balaban J connectivity index is 2.53. The van der Waals surface area contributed by atoms with Crippen molar-refractivity contribution in [1.82, 2.24) is 9.55 Å². The van der Waals surface area contributed by atoms with Gasteiger partial charge in [0.15, 0.2) is 4.77 Å². The highest BCUT2D eigenvalue weighted by atomic mass is 32.1. The molecule has 0 aliphatic carbocycles. The summed E-state index contributed by atoms with van der Waals surface area (Å²) in [5.41, 5.74) is 2.69. The maximum absolute atomic E-state index is 11.9. The zero-order valence-corrected chi connectivity index (χ0v) is 15.4. The number of nitrogens with one attached hydrogen (secondary N) is 1. The highest BCUT2D eigenvalue weighted by molar-refractivity contribution is 7.71. The third-order valence-corrected chi connectivity index (χ3v) is 4.09. The first-order valence-electron chi connectivity index (χ1n) is 8.09. The molecule has 2 aromatic rings. The number of nitrogens with zero attached hydrogens (tertiary/aromatic N) is 1. The van der Waals surface area contributed by atoms with E-state index in [4.69, 9.17) is 21.7 Å². The van der Waals surface area contributed by atoms with Crippen LogP contribution in [0.25, 0.3) is 11.3 Å². The molecule has 0 amide bonds. The van der Waals surface area contributed by atoms with Gasteiger partial charge in [-0.15, -0.1) is 0 Å². The standard InChI is InChI=1S/C18H24N2O3S/c1-5-13-10-14(22-4)6-7-15(13)16-11-17(21)19-18(24)20(16)8-9-23-12(2)3/h6-7,10-12H,5,8-9H2,1-4H3,(H,19,21,24). The number of H-pyrrole nitrogens is 1. The molecular formula is C18H24N2O3S. The summed E-state index contributed by atoms with van der Waals surface area (Å²) in [6.45, 7) is 7.17. The van der Waals surface area contributed by atoms with E-state index in [-0.39, 0.29) is 11.7 Å². The summed E-state index contributed by atoms with van der Waals surface area (Å²) < 4.78 is 13.3. The summed E-state index contributed by atoms with van der Waals surface area (Å²) in [6.07, 6.45) is 0.978. The fraction of sp³-hybridized carbons (Fsp3) is 0.444. The van der Waals surface area contributed by atoms with Crippen LogP contribution >= 0.6 is 12.2 Å². The molecule has 0 aliphatic rings. The van der Waals surface area contributed by atoms with E-state index in [2.05, 4.69) is 11.9 Å². The minimum absolute atomic E-state index is 0.151. The van der Waals surface area contributed by atoms with Gasteiger partial charge < -0.3 is 14.0 Å². The molecule has 1 aromatic heterocycles. The molecule has 130 valence electrons. The van der Waals surface area contributed by atoms with Crippen LogP contribution in [0.2, 0.25) is 0 Å². The molecule has 0 fully saturated rings. The molecule has 0 aliphatic heterocycles. The van der Waals surface area contributed by atoms with E-state index < -0.39 is 0 Å². The Bertz CT molecular complexity index is 809. The summed E-state index contributed by atoms with van der Waals surface area (Å²) in [6, 6.07) is 7.45. The van der Waals surface area contributed by atoms with Gasteiger partial charge in [-0.3, -0.25) is 9.78 Å². The summed E-state index contributed by atoms with van der Waals surface area (Å²) in [5, 5.41) is 0. The van der Waals surface area contributed by atoms with Crippen LogP contribution in [0.1, 0.15) is 26.3 Å². The molecule has 0 unspecified atom stereocenters. The molecule has 1 aromatic carbocycles. The lowest BCUT2D eigenvalue weighted by atomic mass is 10.0. The molecule has 0 atom stereocenters. The second-order valence-electron chi connectivity index (χ2n) is 5.77. The Morgan fingerprint density at radius 2 is 2.04 bits per heavy atom. The Hall–Kier alpha value is -1.92. The van der Waals surface area contributed by atoms with E-state index in [9.17, 15) is 4.79 Å². The van der Waals surface area contributed by atoms with Crippen molar-refractivity contribution in [3.05, 3.63) is 45.0 Å². The van der Waals surface area contributed by atoms with E-state index in [1.807, 2.05) is 36.6 Å². The first kappa shape index (κ1) is 18.4. The number of hydrogen-bond donors (Lipinski definition) is 1. The lowest BCUT2D eigenvalue weighted by Gasteiger charge is -2.17. The van der Waals surface area contributed by atoms with Crippen LogP contribution in [-0.4, -0.2) is 29.4 Å². The van der Waals surface area contributed by atoms with Gasteiger partial charge in [0.1, 0.15) is 5.75 Å². The molecule has 1 N–H and O–H groups in total. The van der Waals surface area contributed by atoms with E-state index in [1.165, 1.54) is 0 Å². The Labute approximate surface area is 147 Å². The number of methoxy groups -OCH3 is 1. The van der Waals surface area contributed by atoms with Crippen molar-refractivity contribution in [3.63, 3.8) is 0 Å². The average molecular weight is 348 g/mol. The largest absolute Gasteiger partial charge is 0.497 e. The highest BCUT2D eigenvalue weighted by Crippen LogP contribution is 2.27. The van der Waals surface area contributed by atoms with Gasteiger partial charge in [0.25, 0.3) is 5.56 Å². The van der Waals surface area contributed by atoms with Crippen LogP contribution in [0.4, 0.5) is 0 Å². The van der Waals surface area contributed by atoms with Crippen LogP contribution in [-0.2, 0) is 17.7 Å². The smallest absolute Gasteiger partial charge is 0.252 e. The number of aryl methyl sites for hydroxylation is 1. The first-order chi connectivity index (χ1) is 11.5. The molecule has 0 spiro atoms. The quantitative estimate of drug-likeness (QED) is 0.777. The topological polar surface area (TPSA) is 56.2 Å². The monoisotopic (exact) mass is 348 g/mol. The normalized spacial score (nSPS) is 11.0. The molecule has 1 heterocycles. The predicted octanol–water partition coefficient (Wildman–Crippen LogP) is 3.57. The predicted molar refractivity (Wildman–Crippen MR) is 98.3 cm³/mol. The van der Waals surface area contributed by atoms with Crippen LogP contribution in [0.15, 0.2) is 29.1 Å². The van der Waals surface area contributed by atoms with E-state index in [0.29, 0.717) is 17.9 Å². The molecule has 2 rings (SSSR count). The Morgan fingerprint density at radius 1 is 1.29 bits per heavy atom. The summed E-state index contributed by atoms with van der Waals surface area (Å²) in [7, 11) is 1.65. The first-order valence-corrected chi connectivity index (χ1v) is 8.50. The zero-order valence-electron chi connectivity index (χ0n) is 14.6. The van der Waals surface area contributed by atoms with Gasteiger partial charge >= 0.3 is 0 Å². The second-order valence-corrected chi connectivity index (χ2v) is 6.16. The fourth-order valence-electron chi connectivity index (χ4n) is 2.58. The SMILES string of the molecule is CCc1cc(OC)ccc1-c1cc(=O)[nH]c(=S)n1CCOC(C)C. The number of aromatic nitrogens is 2. The van der Waals surface area contributed by atoms with Gasteiger partial charge in [-0.25, -0.2) is 0 Å². The van der Waals surface area contributed by atoms with Crippen molar-refractivity contribution < 1.29 is 9.47 Å². The summed E-state index contributed by atoms with van der Waals surface area (Å²) in [4.78, 5) is 14.6. The molecular weight excluding hydrogens is 324 g/mol. The van der Waals surface area contributed by atoms with Gasteiger partial charge in [-0.2, -0.15) is 0 Å². The number of benzene rings is 1. The Morgan fingerprint density at radius 3 is 2.67 bits per heavy atom. The number of rotatable bonds is 7. The van der Waals surface area contributed by atoms with Crippen molar-refractivity contribution in [3.8, 4) is 17.0 Å². The van der Waals surface area contributed by atoms with E-state index >= 15 is 0 Å². The lowest BCUT2D eigenvalue weighted by molar-refractivity contribution is 0.0725. The molecule has 0 bridgehead atoms. The van der Waals surface area contributed by atoms with Gasteiger partial charge in [0, 0.05) is 18.2 Å². The molecule has 0 radical (unpaired) electrons. The van der Waals surface area contributed by atoms with Gasteiger partial charge in [-0.05, 0) is 56.2 Å².